The van der Waals surface area contributed by atoms with Crippen molar-refractivity contribution in [3.8, 4) is 22.8 Å². The fraction of sp³-hybridized carbons (Fsp3) is 0.222. The molecule has 1 aliphatic rings. The van der Waals surface area contributed by atoms with Gasteiger partial charge in [0.2, 0.25) is 10.0 Å². The SMILES string of the molecule is COc1cc2c(cc1OC)CN(S(=O)(=O)/C=C/c1c(-c3ccccc3)n(C)c3ncccc13)CC2. The quantitative estimate of drug-likeness (QED) is 0.395. The molecule has 0 N–H and O–H groups in total. The number of hydrogen-bond acceptors (Lipinski definition) is 5. The first-order valence-electron chi connectivity index (χ1n) is 11.3. The molecule has 3 heterocycles. The first kappa shape index (κ1) is 23.1. The second-order valence-corrected chi connectivity index (χ2v) is 10.3. The molecule has 4 aromatic rings. The van der Waals surface area contributed by atoms with Gasteiger partial charge in [-0.3, -0.25) is 0 Å². The Bertz CT molecular complexity index is 1530. The lowest BCUT2D eigenvalue weighted by molar-refractivity contribution is 0.349. The molecule has 0 fully saturated rings. The molecule has 0 saturated heterocycles. The molecular weight excluding hydrogens is 462 g/mol. The Hall–Kier alpha value is -3.62. The van der Waals surface area contributed by atoms with Gasteiger partial charge in [0.1, 0.15) is 5.65 Å². The van der Waals surface area contributed by atoms with E-state index in [4.69, 9.17) is 9.47 Å². The summed E-state index contributed by atoms with van der Waals surface area (Å²) in [6, 6.07) is 17.6. The van der Waals surface area contributed by atoms with E-state index in [1.807, 2.05) is 66.2 Å². The molecule has 0 radical (unpaired) electrons. The van der Waals surface area contributed by atoms with Crippen molar-refractivity contribution in [3.05, 3.63) is 82.9 Å². The summed E-state index contributed by atoms with van der Waals surface area (Å²) in [5.41, 5.74) is 5.55. The number of aryl methyl sites for hydroxylation is 1. The largest absolute Gasteiger partial charge is 0.493 e. The van der Waals surface area contributed by atoms with Crippen LogP contribution < -0.4 is 9.47 Å². The van der Waals surface area contributed by atoms with E-state index in [9.17, 15) is 8.42 Å². The summed E-state index contributed by atoms with van der Waals surface area (Å²) in [4.78, 5) is 4.52. The van der Waals surface area contributed by atoms with E-state index in [1.165, 1.54) is 9.71 Å². The predicted molar refractivity (Wildman–Crippen MR) is 138 cm³/mol. The normalized spacial score (nSPS) is 14.4. The first-order chi connectivity index (χ1) is 16.9. The first-order valence-corrected chi connectivity index (χ1v) is 12.8. The molecular formula is C27H27N3O4S. The highest BCUT2D eigenvalue weighted by molar-refractivity contribution is 7.92. The molecule has 0 spiro atoms. The van der Waals surface area contributed by atoms with Crippen LogP contribution in [-0.4, -0.2) is 43.0 Å². The van der Waals surface area contributed by atoms with Gasteiger partial charge in [0.25, 0.3) is 0 Å². The summed E-state index contributed by atoms with van der Waals surface area (Å²) in [6.07, 6.45) is 4.05. The summed E-state index contributed by atoms with van der Waals surface area (Å²) in [5.74, 6) is 1.25. The zero-order valence-corrected chi connectivity index (χ0v) is 20.7. The molecule has 35 heavy (non-hydrogen) atoms. The van der Waals surface area contributed by atoms with E-state index in [1.54, 1.807) is 26.5 Å². The lowest BCUT2D eigenvalue weighted by atomic mass is 10.0. The number of benzene rings is 2. The van der Waals surface area contributed by atoms with E-state index in [2.05, 4.69) is 4.98 Å². The van der Waals surface area contributed by atoms with Crippen LogP contribution in [0.3, 0.4) is 0 Å². The zero-order chi connectivity index (χ0) is 24.6. The Morgan fingerprint density at radius 3 is 2.40 bits per heavy atom. The second kappa shape index (κ2) is 9.20. The van der Waals surface area contributed by atoms with Gasteiger partial charge in [-0.25, -0.2) is 13.4 Å². The van der Waals surface area contributed by atoms with Crippen LogP contribution in [-0.2, 0) is 30.0 Å². The van der Waals surface area contributed by atoms with Crippen LogP contribution in [0.2, 0.25) is 0 Å². The highest BCUT2D eigenvalue weighted by Gasteiger charge is 2.27. The lowest BCUT2D eigenvalue weighted by Gasteiger charge is -2.27. The van der Waals surface area contributed by atoms with Crippen molar-refractivity contribution in [2.45, 2.75) is 13.0 Å². The van der Waals surface area contributed by atoms with Gasteiger partial charge in [-0.05, 0) is 53.5 Å². The van der Waals surface area contributed by atoms with Crippen molar-refractivity contribution >= 4 is 27.1 Å². The molecule has 7 nitrogen and oxygen atoms in total. The third kappa shape index (κ3) is 4.19. The van der Waals surface area contributed by atoms with Crippen molar-refractivity contribution < 1.29 is 17.9 Å². The minimum Gasteiger partial charge on any atom is -0.493 e. The molecule has 0 unspecified atom stereocenters. The summed E-state index contributed by atoms with van der Waals surface area (Å²) in [7, 11) is 1.46. The maximum Gasteiger partial charge on any atom is 0.236 e. The summed E-state index contributed by atoms with van der Waals surface area (Å²) >= 11 is 0. The molecule has 2 aromatic heterocycles. The third-order valence-corrected chi connectivity index (χ3v) is 7.99. The van der Waals surface area contributed by atoms with Gasteiger partial charge in [-0.2, -0.15) is 4.31 Å². The molecule has 0 atom stereocenters. The Labute approximate surface area is 205 Å². The Kier molecular flexibility index (Phi) is 6.08. The average Bonchev–Trinajstić information content (AvgIpc) is 3.18. The van der Waals surface area contributed by atoms with Gasteiger partial charge >= 0.3 is 0 Å². The molecule has 0 amide bonds. The molecule has 1 aliphatic heterocycles. The van der Waals surface area contributed by atoms with Gasteiger partial charge in [0.05, 0.1) is 19.9 Å². The van der Waals surface area contributed by atoms with E-state index in [0.29, 0.717) is 24.5 Å². The van der Waals surface area contributed by atoms with Crippen LogP contribution in [0.5, 0.6) is 11.5 Å². The highest BCUT2D eigenvalue weighted by Crippen LogP contribution is 2.35. The standard InChI is InChI=1S/C27H27N3O4S/c1-29-26(19-8-5-4-6-9-19)22(23-10-7-13-28-27(23)29)12-15-35(31,32)30-14-11-20-16-24(33-2)25(34-3)17-21(20)18-30/h4-10,12-13,15-17H,11,14,18H2,1-3H3/b15-12+. The van der Waals surface area contributed by atoms with Gasteiger partial charge in [-0.1, -0.05) is 30.3 Å². The minimum atomic E-state index is -3.67. The smallest absolute Gasteiger partial charge is 0.236 e. The van der Waals surface area contributed by atoms with Crippen molar-refractivity contribution in [2.75, 3.05) is 20.8 Å². The number of rotatable bonds is 6. The Balaban J connectivity index is 1.52. The second-order valence-electron chi connectivity index (χ2n) is 8.47. The maximum atomic E-state index is 13.4. The maximum absolute atomic E-state index is 13.4. The topological polar surface area (TPSA) is 73.7 Å². The summed E-state index contributed by atoms with van der Waals surface area (Å²) in [5, 5.41) is 2.22. The number of ether oxygens (including phenoxy) is 2. The van der Waals surface area contributed by atoms with Crippen LogP contribution >= 0.6 is 0 Å². The van der Waals surface area contributed by atoms with Crippen molar-refractivity contribution in [1.29, 1.82) is 0 Å². The van der Waals surface area contributed by atoms with Crippen LogP contribution in [0.4, 0.5) is 0 Å². The van der Waals surface area contributed by atoms with Crippen LogP contribution in [0.25, 0.3) is 28.4 Å². The van der Waals surface area contributed by atoms with Crippen LogP contribution in [0.1, 0.15) is 16.7 Å². The van der Waals surface area contributed by atoms with Gasteiger partial charge in [-0.15, -0.1) is 0 Å². The number of sulfonamides is 1. The molecule has 0 aliphatic carbocycles. The Morgan fingerprint density at radius 1 is 0.971 bits per heavy atom. The minimum absolute atomic E-state index is 0.283. The van der Waals surface area contributed by atoms with Crippen LogP contribution in [0.15, 0.2) is 66.2 Å². The van der Waals surface area contributed by atoms with Gasteiger partial charge in [0, 0.05) is 42.7 Å². The average molecular weight is 490 g/mol. The fourth-order valence-electron chi connectivity index (χ4n) is 4.72. The molecule has 0 bridgehead atoms. The zero-order valence-electron chi connectivity index (χ0n) is 19.9. The summed E-state index contributed by atoms with van der Waals surface area (Å²) in [6.45, 7) is 0.683. The Morgan fingerprint density at radius 2 is 1.69 bits per heavy atom. The van der Waals surface area contributed by atoms with E-state index in [0.717, 1.165) is 39.0 Å². The predicted octanol–water partition coefficient (Wildman–Crippen LogP) is 4.62. The number of hydrogen-bond donors (Lipinski definition) is 0. The van der Waals surface area contributed by atoms with Gasteiger partial charge < -0.3 is 14.0 Å². The number of pyridine rings is 1. The molecule has 180 valence electrons. The lowest BCUT2D eigenvalue weighted by Crippen LogP contribution is -2.34. The van der Waals surface area contributed by atoms with Crippen molar-refractivity contribution in [1.82, 2.24) is 13.9 Å². The number of methoxy groups -OCH3 is 2. The van der Waals surface area contributed by atoms with E-state index < -0.39 is 10.0 Å². The number of nitrogens with zero attached hydrogens (tertiary/aromatic N) is 3. The third-order valence-electron chi connectivity index (χ3n) is 6.48. The van der Waals surface area contributed by atoms with E-state index in [-0.39, 0.29) is 6.54 Å². The van der Waals surface area contributed by atoms with E-state index >= 15 is 0 Å². The summed E-state index contributed by atoms with van der Waals surface area (Å²) < 4.78 is 41.1. The molecule has 2 aromatic carbocycles. The van der Waals surface area contributed by atoms with Crippen LogP contribution in [0, 0.1) is 0 Å². The number of fused-ring (bicyclic) bond motifs is 2. The fourth-order valence-corrected chi connectivity index (χ4v) is 5.86. The molecule has 5 rings (SSSR count). The molecule has 0 saturated carbocycles. The van der Waals surface area contributed by atoms with Gasteiger partial charge in [0.15, 0.2) is 11.5 Å². The monoisotopic (exact) mass is 489 g/mol. The number of aromatic nitrogens is 2. The van der Waals surface area contributed by atoms with Crippen molar-refractivity contribution in [2.24, 2.45) is 7.05 Å². The van der Waals surface area contributed by atoms with Crippen molar-refractivity contribution in [3.63, 3.8) is 0 Å². The highest BCUT2D eigenvalue weighted by atomic mass is 32.2. The molecule has 8 heteroatoms.